The molecule has 0 bridgehead atoms. The molecule has 0 amide bonds. The highest BCUT2D eigenvalue weighted by Crippen LogP contribution is 2.45. The predicted molar refractivity (Wildman–Crippen MR) is 80.6 cm³/mol. The normalized spacial score (nSPS) is 21.2. The van der Waals surface area contributed by atoms with E-state index in [1.54, 1.807) is 0 Å². The summed E-state index contributed by atoms with van der Waals surface area (Å²) in [5.74, 6) is 0.507. The molecule has 2 heteroatoms. The summed E-state index contributed by atoms with van der Waals surface area (Å²) < 4.78 is 0. The molecular formula is C17H24N2. The molecule has 1 aromatic carbocycles. The SMILES string of the molecule is Cc1cc2c(cc1C#N)C(C)CC(C)(C)N2C(C)C. The first-order chi connectivity index (χ1) is 8.77. The summed E-state index contributed by atoms with van der Waals surface area (Å²) in [6.45, 7) is 13.4. The first-order valence-corrected chi connectivity index (χ1v) is 7.12. The summed E-state index contributed by atoms with van der Waals surface area (Å²) in [7, 11) is 0. The van der Waals surface area contributed by atoms with Crippen molar-refractivity contribution < 1.29 is 0 Å². The lowest BCUT2D eigenvalue weighted by molar-refractivity contribution is 0.356. The van der Waals surface area contributed by atoms with Crippen LogP contribution in [0.3, 0.4) is 0 Å². The Morgan fingerprint density at radius 3 is 2.53 bits per heavy atom. The Morgan fingerprint density at radius 1 is 1.37 bits per heavy atom. The van der Waals surface area contributed by atoms with Gasteiger partial charge in [-0.2, -0.15) is 5.26 Å². The zero-order valence-corrected chi connectivity index (χ0v) is 12.9. The Hall–Kier alpha value is -1.49. The van der Waals surface area contributed by atoms with E-state index in [1.165, 1.54) is 11.3 Å². The van der Waals surface area contributed by atoms with Gasteiger partial charge < -0.3 is 4.90 Å². The van der Waals surface area contributed by atoms with Gasteiger partial charge >= 0.3 is 0 Å². The molecule has 1 aliphatic rings. The van der Waals surface area contributed by atoms with Gasteiger partial charge in [-0.1, -0.05) is 6.92 Å². The molecule has 1 aromatic rings. The summed E-state index contributed by atoms with van der Waals surface area (Å²) in [4.78, 5) is 2.51. The van der Waals surface area contributed by atoms with Crippen molar-refractivity contribution in [2.45, 2.75) is 65.5 Å². The molecule has 0 fully saturated rings. The van der Waals surface area contributed by atoms with E-state index in [9.17, 15) is 5.26 Å². The first-order valence-electron chi connectivity index (χ1n) is 7.12. The van der Waals surface area contributed by atoms with Crippen LogP contribution in [0, 0.1) is 18.3 Å². The molecule has 0 spiro atoms. The predicted octanol–water partition coefficient (Wildman–Crippen LogP) is 4.37. The van der Waals surface area contributed by atoms with Crippen LogP contribution >= 0.6 is 0 Å². The van der Waals surface area contributed by atoms with Gasteiger partial charge in [0.05, 0.1) is 11.6 Å². The zero-order valence-electron chi connectivity index (χ0n) is 12.9. The molecular weight excluding hydrogens is 232 g/mol. The first kappa shape index (κ1) is 13.9. The zero-order chi connectivity index (χ0) is 14.4. The second-order valence-electron chi connectivity index (χ2n) is 6.72. The van der Waals surface area contributed by atoms with Crippen LogP contribution in [-0.4, -0.2) is 11.6 Å². The Balaban J connectivity index is 2.67. The number of fused-ring (bicyclic) bond motifs is 1. The number of nitriles is 1. The van der Waals surface area contributed by atoms with Gasteiger partial charge in [0, 0.05) is 17.3 Å². The van der Waals surface area contributed by atoms with E-state index in [0.29, 0.717) is 12.0 Å². The summed E-state index contributed by atoms with van der Waals surface area (Å²) in [5.41, 5.74) is 4.71. The van der Waals surface area contributed by atoms with E-state index in [-0.39, 0.29) is 5.54 Å². The minimum atomic E-state index is 0.168. The van der Waals surface area contributed by atoms with Gasteiger partial charge in [0.1, 0.15) is 0 Å². The third kappa shape index (κ3) is 2.23. The smallest absolute Gasteiger partial charge is 0.0994 e. The van der Waals surface area contributed by atoms with E-state index in [1.807, 2.05) is 6.92 Å². The van der Waals surface area contributed by atoms with Crippen LogP contribution in [0.2, 0.25) is 0 Å². The van der Waals surface area contributed by atoms with Crippen molar-refractivity contribution in [3.8, 4) is 6.07 Å². The third-order valence-corrected chi connectivity index (χ3v) is 4.26. The number of aryl methyl sites for hydroxylation is 1. The van der Waals surface area contributed by atoms with Crippen molar-refractivity contribution in [1.29, 1.82) is 5.26 Å². The molecule has 1 aliphatic heterocycles. The van der Waals surface area contributed by atoms with Gasteiger partial charge in [-0.15, -0.1) is 0 Å². The van der Waals surface area contributed by atoms with Gasteiger partial charge in [-0.3, -0.25) is 0 Å². The lowest BCUT2D eigenvalue weighted by Gasteiger charge is -2.50. The fourth-order valence-corrected chi connectivity index (χ4v) is 3.69. The molecule has 1 heterocycles. The quantitative estimate of drug-likeness (QED) is 0.746. The van der Waals surface area contributed by atoms with Crippen LogP contribution in [0.5, 0.6) is 0 Å². The highest BCUT2D eigenvalue weighted by molar-refractivity contribution is 5.64. The second-order valence-corrected chi connectivity index (χ2v) is 6.72. The molecule has 0 saturated carbocycles. The molecule has 0 aliphatic carbocycles. The standard InChI is InChI=1S/C17H24N2/c1-11(2)19-16-7-12(3)14(10-18)8-15(16)13(4)9-17(19,5)6/h7-8,11,13H,9H2,1-6H3. The summed E-state index contributed by atoms with van der Waals surface area (Å²) in [5, 5.41) is 9.22. The molecule has 0 radical (unpaired) electrons. The van der Waals surface area contributed by atoms with E-state index in [2.05, 4.69) is 57.7 Å². The summed E-state index contributed by atoms with van der Waals surface area (Å²) in [6, 6.07) is 7.08. The lowest BCUT2D eigenvalue weighted by atomic mass is 9.78. The van der Waals surface area contributed by atoms with Gasteiger partial charge in [0.25, 0.3) is 0 Å². The summed E-state index contributed by atoms with van der Waals surface area (Å²) >= 11 is 0. The Labute approximate surface area is 117 Å². The van der Waals surface area contributed by atoms with Crippen molar-refractivity contribution in [3.63, 3.8) is 0 Å². The van der Waals surface area contributed by atoms with E-state index < -0.39 is 0 Å². The number of anilines is 1. The van der Waals surface area contributed by atoms with Gasteiger partial charge in [-0.25, -0.2) is 0 Å². The second kappa shape index (κ2) is 4.56. The fraction of sp³-hybridized carbons (Fsp3) is 0.588. The number of rotatable bonds is 1. The minimum absolute atomic E-state index is 0.168. The fourth-order valence-electron chi connectivity index (χ4n) is 3.69. The maximum atomic E-state index is 9.22. The molecule has 0 saturated heterocycles. The van der Waals surface area contributed by atoms with Crippen LogP contribution in [0.15, 0.2) is 12.1 Å². The Bertz CT molecular complexity index is 535. The third-order valence-electron chi connectivity index (χ3n) is 4.26. The van der Waals surface area contributed by atoms with Gasteiger partial charge in [0.2, 0.25) is 0 Å². The average Bonchev–Trinajstić information content (AvgIpc) is 2.26. The van der Waals surface area contributed by atoms with Crippen LogP contribution in [0.1, 0.15) is 63.6 Å². The van der Waals surface area contributed by atoms with E-state index >= 15 is 0 Å². The summed E-state index contributed by atoms with van der Waals surface area (Å²) in [6.07, 6.45) is 1.13. The molecule has 2 rings (SSSR count). The maximum absolute atomic E-state index is 9.22. The van der Waals surface area contributed by atoms with Crippen molar-refractivity contribution >= 4 is 5.69 Å². The largest absolute Gasteiger partial charge is 0.364 e. The van der Waals surface area contributed by atoms with Crippen LogP contribution in [0.4, 0.5) is 5.69 Å². The maximum Gasteiger partial charge on any atom is 0.0994 e. The highest BCUT2D eigenvalue weighted by atomic mass is 15.2. The Morgan fingerprint density at radius 2 is 2.00 bits per heavy atom. The molecule has 102 valence electrons. The minimum Gasteiger partial charge on any atom is -0.364 e. The molecule has 19 heavy (non-hydrogen) atoms. The molecule has 0 aromatic heterocycles. The monoisotopic (exact) mass is 256 g/mol. The molecule has 1 atom stereocenters. The Kier molecular flexibility index (Phi) is 3.34. The van der Waals surface area contributed by atoms with Crippen LogP contribution in [-0.2, 0) is 0 Å². The van der Waals surface area contributed by atoms with E-state index in [4.69, 9.17) is 0 Å². The number of nitrogens with zero attached hydrogens (tertiary/aromatic N) is 2. The van der Waals surface area contributed by atoms with Crippen molar-refractivity contribution in [2.75, 3.05) is 4.90 Å². The average molecular weight is 256 g/mol. The highest BCUT2D eigenvalue weighted by Gasteiger charge is 2.37. The van der Waals surface area contributed by atoms with Crippen molar-refractivity contribution in [3.05, 3.63) is 28.8 Å². The number of hydrogen-bond donors (Lipinski definition) is 0. The van der Waals surface area contributed by atoms with Gasteiger partial charge in [0.15, 0.2) is 0 Å². The van der Waals surface area contributed by atoms with Crippen molar-refractivity contribution in [1.82, 2.24) is 0 Å². The lowest BCUT2D eigenvalue weighted by Crippen LogP contribution is -2.51. The van der Waals surface area contributed by atoms with Crippen LogP contribution < -0.4 is 4.90 Å². The van der Waals surface area contributed by atoms with E-state index in [0.717, 1.165) is 17.5 Å². The van der Waals surface area contributed by atoms with Crippen molar-refractivity contribution in [2.24, 2.45) is 0 Å². The van der Waals surface area contributed by atoms with Crippen LogP contribution in [0.25, 0.3) is 0 Å². The van der Waals surface area contributed by atoms with Gasteiger partial charge in [-0.05, 0) is 70.2 Å². The molecule has 0 N–H and O–H groups in total. The molecule has 2 nitrogen and oxygen atoms in total. The topological polar surface area (TPSA) is 27.0 Å². The molecule has 1 unspecified atom stereocenters. The number of benzene rings is 1. The number of hydrogen-bond acceptors (Lipinski definition) is 2.